The highest BCUT2D eigenvalue weighted by Crippen LogP contribution is 2.38. The van der Waals surface area contributed by atoms with Crippen LogP contribution in [0.4, 0.5) is 0 Å². The quantitative estimate of drug-likeness (QED) is 0.774. The van der Waals surface area contributed by atoms with Crippen molar-refractivity contribution in [1.82, 2.24) is 10.2 Å². The van der Waals surface area contributed by atoms with Gasteiger partial charge in [-0.05, 0) is 58.7 Å². The summed E-state index contributed by atoms with van der Waals surface area (Å²) in [5.74, 6) is -0.389. The molecule has 0 saturated heterocycles. The first-order valence-corrected chi connectivity index (χ1v) is 7.72. The van der Waals surface area contributed by atoms with E-state index in [9.17, 15) is 9.90 Å². The third-order valence-corrected chi connectivity index (χ3v) is 5.43. The third-order valence-electron chi connectivity index (χ3n) is 5.43. The molecule has 0 aromatic heterocycles. The van der Waals surface area contributed by atoms with E-state index in [1.807, 2.05) is 0 Å². The summed E-state index contributed by atoms with van der Waals surface area (Å²) in [5, 5.41) is 12.6. The molecule has 2 N–H and O–H groups in total. The van der Waals surface area contributed by atoms with Crippen molar-refractivity contribution >= 4 is 5.97 Å². The Morgan fingerprint density at radius 1 is 1.32 bits per heavy atom. The van der Waals surface area contributed by atoms with E-state index in [-0.39, 0.29) is 5.92 Å². The van der Waals surface area contributed by atoms with E-state index in [1.54, 1.807) is 7.05 Å². The molecule has 0 bridgehead atoms. The summed E-state index contributed by atoms with van der Waals surface area (Å²) >= 11 is 0. The van der Waals surface area contributed by atoms with Crippen LogP contribution in [-0.2, 0) is 4.79 Å². The molecule has 2 saturated carbocycles. The van der Waals surface area contributed by atoms with Crippen LogP contribution in [0.5, 0.6) is 0 Å². The number of likely N-dealkylation sites (N-methyl/N-ethyl adjacent to an activating group) is 1. The topological polar surface area (TPSA) is 52.6 Å². The lowest BCUT2D eigenvalue weighted by Gasteiger charge is -2.33. The highest BCUT2D eigenvalue weighted by molar-refractivity contribution is 5.79. The largest absolute Gasteiger partial charge is 0.480 e. The zero-order valence-corrected chi connectivity index (χ0v) is 12.3. The number of nitrogens with zero attached hydrogens (tertiary/aromatic N) is 1. The van der Waals surface area contributed by atoms with E-state index < -0.39 is 11.5 Å². The van der Waals surface area contributed by atoms with Gasteiger partial charge in [-0.1, -0.05) is 19.3 Å². The van der Waals surface area contributed by atoms with Crippen molar-refractivity contribution in [2.24, 2.45) is 5.92 Å². The summed E-state index contributed by atoms with van der Waals surface area (Å²) in [6.07, 6.45) is 9.20. The summed E-state index contributed by atoms with van der Waals surface area (Å²) in [7, 11) is 4.00. The van der Waals surface area contributed by atoms with Crippen LogP contribution in [0.25, 0.3) is 0 Å². The molecule has 0 amide bonds. The van der Waals surface area contributed by atoms with Crippen LogP contribution in [0.3, 0.4) is 0 Å². The molecule has 0 aromatic carbocycles. The second-order valence-electron chi connectivity index (χ2n) is 6.32. The van der Waals surface area contributed by atoms with Crippen LogP contribution in [0.2, 0.25) is 0 Å². The Morgan fingerprint density at radius 3 is 2.58 bits per heavy atom. The van der Waals surface area contributed by atoms with Gasteiger partial charge in [-0.3, -0.25) is 4.79 Å². The average Bonchev–Trinajstić information content (AvgIpc) is 3.05. The van der Waals surface area contributed by atoms with Crippen molar-refractivity contribution in [2.75, 3.05) is 20.6 Å². The Bertz CT molecular complexity index is 315. The fourth-order valence-electron chi connectivity index (χ4n) is 4.07. The van der Waals surface area contributed by atoms with Crippen LogP contribution in [-0.4, -0.2) is 48.2 Å². The minimum absolute atomic E-state index is 0.277. The van der Waals surface area contributed by atoms with E-state index in [1.165, 1.54) is 25.7 Å². The normalized spacial score (nSPS) is 32.3. The number of carboxylic acids is 1. The number of hydrogen-bond donors (Lipinski definition) is 2. The maximum absolute atomic E-state index is 11.6. The first kappa shape index (κ1) is 14.8. The molecule has 0 radical (unpaired) electrons. The zero-order chi connectivity index (χ0) is 13.9. The van der Waals surface area contributed by atoms with Gasteiger partial charge in [0.1, 0.15) is 5.54 Å². The fraction of sp³-hybridized carbons (Fsp3) is 0.933. The lowest BCUT2D eigenvalue weighted by molar-refractivity contribution is -0.146. The summed E-state index contributed by atoms with van der Waals surface area (Å²) in [6, 6.07) is 0.732. The zero-order valence-electron chi connectivity index (χ0n) is 12.3. The number of carbonyl (C=O) groups is 1. The lowest BCUT2D eigenvalue weighted by atomic mass is 9.84. The van der Waals surface area contributed by atoms with Gasteiger partial charge in [0.2, 0.25) is 0 Å². The molecule has 2 atom stereocenters. The Kier molecular flexibility index (Phi) is 4.85. The first-order chi connectivity index (χ1) is 9.10. The summed E-state index contributed by atoms with van der Waals surface area (Å²) < 4.78 is 0. The number of rotatable bonds is 6. The Morgan fingerprint density at radius 2 is 2.00 bits per heavy atom. The van der Waals surface area contributed by atoms with Gasteiger partial charge in [-0.15, -0.1) is 0 Å². The minimum Gasteiger partial charge on any atom is -0.480 e. The Balaban J connectivity index is 1.89. The molecule has 0 aromatic rings. The van der Waals surface area contributed by atoms with E-state index in [0.29, 0.717) is 0 Å². The van der Waals surface area contributed by atoms with Crippen LogP contribution in [0, 0.1) is 5.92 Å². The monoisotopic (exact) mass is 268 g/mol. The van der Waals surface area contributed by atoms with Gasteiger partial charge in [0.25, 0.3) is 0 Å². The molecule has 2 aliphatic rings. The van der Waals surface area contributed by atoms with Crippen LogP contribution in [0.15, 0.2) is 0 Å². The highest BCUT2D eigenvalue weighted by Gasteiger charge is 2.47. The number of aliphatic carboxylic acids is 1. The second kappa shape index (κ2) is 6.23. The van der Waals surface area contributed by atoms with Crippen LogP contribution < -0.4 is 5.32 Å². The molecule has 2 fully saturated rings. The predicted molar refractivity (Wildman–Crippen MR) is 76.3 cm³/mol. The third kappa shape index (κ3) is 2.95. The number of carboxylic acid groups (broad SMARTS) is 1. The molecular formula is C15H28N2O2. The molecule has 4 nitrogen and oxygen atoms in total. The smallest absolute Gasteiger partial charge is 0.324 e. The maximum Gasteiger partial charge on any atom is 0.324 e. The highest BCUT2D eigenvalue weighted by atomic mass is 16.4. The van der Waals surface area contributed by atoms with Crippen molar-refractivity contribution in [3.8, 4) is 0 Å². The molecule has 4 heteroatoms. The molecule has 0 heterocycles. The van der Waals surface area contributed by atoms with Gasteiger partial charge in [0.05, 0.1) is 0 Å². The van der Waals surface area contributed by atoms with Gasteiger partial charge in [-0.25, -0.2) is 0 Å². The molecule has 0 spiro atoms. The number of nitrogens with one attached hydrogen (secondary N) is 1. The molecular weight excluding hydrogens is 240 g/mol. The molecule has 2 rings (SSSR count). The molecule has 2 aliphatic carbocycles. The SMILES string of the molecule is CNC1(C(=O)O)CCCC1CCN(C)C1CCCC1. The number of hydrogen-bond acceptors (Lipinski definition) is 3. The molecule has 19 heavy (non-hydrogen) atoms. The van der Waals surface area contributed by atoms with E-state index >= 15 is 0 Å². The predicted octanol–water partition coefficient (Wildman–Crippen LogP) is 2.09. The summed E-state index contributed by atoms with van der Waals surface area (Å²) in [6.45, 7) is 1.03. The van der Waals surface area contributed by atoms with Gasteiger partial charge in [-0.2, -0.15) is 0 Å². The standard InChI is InChI=1S/C15H28N2O2/c1-16-15(14(18)19)10-5-6-12(15)9-11-17(2)13-7-3-4-8-13/h12-13,16H,3-11H2,1-2H3,(H,18,19). The lowest BCUT2D eigenvalue weighted by Crippen LogP contribution is -2.53. The van der Waals surface area contributed by atoms with Crippen molar-refractivity contribution in [1.29, 1.82) is 0 Å². The molecule has 0 aliphatic heterocycles. The molecule has 2 unspecified atom stereocenters. The van der Waals surface area contributed by atoms with Crippen molar-refractivity contribution in [3.05, 3.63) is 0 Å². The minimum atomic E-state index is -0.670. The van der Waals surface area contributed by atoms with E-state index in [2.05, 4.69) is 17.3 Å². The molecule has 110 valence electrons. The van der Waals surface area contributed by atoms with Crippen LogP contribution >= 0.6 is 0 Å². The summed E-state index contributed by atoms with van der Waals surface area (Å²) in [5.41, 5.74) is -0.670. The van der Waals surface area contributed by atoms with Gasteiger partial charge < -0.3 is 15.3 Å². The van der Waals surface area contributed by atoms with E-state index in [0.717, 1.165) is 38.3 Å². The van der Waals surface area contributed by atoms with Crippen molar-refractivity contribution in [2.45, 2.75) is 62.9 Å². The van der Waals surface area contributed by atoms with Crippen molar-refractivity contribution < 1.29 is 9.90 Å². The van der Waals surface area contributed by atoms with Gasteiger partial charge in [0.15, 0.2) is 0 Å². The average molecular weight is 268 g/mol. The second-order valence-corrected chi connectivity index (χ2v) is 6.32. The fourth-order valence-corrected chi connectivity index (χ4v) is 4.07. The van der Waals surface area contributed by atoms with Crippen molar-refractivity contribution in [3.63, 3.8) is 0 Å². The van der Waals surface area contributed by atoms with E-state index in [4.69, 9.17) is 0 Å². The van der Waals surface area contributed by atoms with Gasteiger partial charge >= 0.3 is 5.97 Å². The first-order valence-electron chi connectivity index (χ1n) is 7.72. The van der Waals surface area contributed by atoms with Crippen LogP contribution in [0.1, 0.15) is 51.4 Å². The van der Waals surface area contributed by atoms with Gasteiger partial charge in [0, 0.05) is 6.04 Å². The Hall–Kier alpha value is -0.610. The Labute approximate surface area is 116 Å². The maximum atomic E-state index is 11.6. The summed E-state index contributed by atoms with van der Waals surface area (Å²) in [4.78, 5) is 14.0.